The van der Waals surface area contributed by atoms with Crippen LogP contribution in [0.3, 0.4) is 0 Å². The molecular weight excluding hydrogens is 374 g/mol. The highest BCUT2D eigenvalue weighted by atomic mass is 35.5. The van der Waals surface area contributed by atoms with Gasteiger partial charge in [-0.15, -0.1) is 0 Å². The molecule has 0 atom stereocenters. The van der Waals surface area contributed by atoms with E-state index in [0.717, 1.165) is 35.4 Å². The smallest absolute Gasteiger partial charge is 0.258 e. The fourth-order valence-electron chi connectivity index (χ4n) is 3.60. The summed E-state index contributed by atoms with van der Waals surface area (Å²) >= 11 is 5.91. The van der Waals surface area contributed by atoms with E-state index in [2.05, 4.69) is 10.1 Å². The van der Waals surface area contributed by atoms with Crippen molar-refractivity contribution in [3.05, 3.63) is 70.5 Å². The van der Waals surface area contributed by atoms with E-state index in [4.69, 9.17) is 16.1 Å². The predicted molar refractivity (Wildman–Crippen MR) is 108 cm³/mol. The molecule has 4 rings (SSSR count). The molecule has 1 saturated heterocycles. The maximum atomic E-state index is 12.6. The van der Waals surface area contributed by atoms with E-state index in [1.165, 1.54) is 0 Å². The Morgan fingerprint density at radius 3 is 2.57 bits per heavy atom. The molecule has 1 aliphatic heterocycles. The summed E-state index contributed by atoms with van der Waals surface area (Å²) < 4.78 is 5.50. The van der Waals surface area contributed by atoms with Crippen LogP contribution in [0.2, 0.25) is 5.02 Å². The molecule has 144 valence electrons. The van der Waals surface area contributed by atoms with Crippen LogP contribution in [0.15, 0.2) is 53.1 Å². The summed E-state index contributed by atoms with van der Waals surface area (Å²) in [6, 6.07) is 15.4. The third-order valence-corrected chi connectivity index (χ3v) is 5.55. The first kappa shape index (κ1) is 18.7. The molecule has 1 fully saturated rings. The van der Waals surface area contributed by atoms with Gasteiger partial charge in [0.25, 0.3) is 5.89 Å². The molecule has 3 aromatic rings. The molecule has 0 radical (unpaired) electrons. The van der Waals surface area contributed by atoms with Crippen LogP contribution in [0, 0.1) is 6.92 Å². The number of nitrogens with zero attached hydrogens (tertiary/aromatic N) is 3. The van der Waals surface area contributed by atoms with Crippen molar-refractivity contribution < 1.29 is 9.32 Å². The summed E-state index contributed by atoms with van der Waals surface area (Å²) in [6.45, 7) is 3.46. The zero-order valence-corrected chi connectivity index (χ0v) is 16.5. The molecule has 1 amide bonds. The molecule has 28 heavy (non-hydrogen) atoms. The normalized spacial score (nSPS) is 15.0. The number of carbonyl (C=O) groups excluding carboxylic acids is 1. The van der Waals surface area contributed by atoms with E-state index in [1.807, 2.05) is 60.4 Å². The molecule has 2 heterocycles. The molecule has 0 bridgehead atoms. The lowest BCUT2D eigenvalue weighted by atomic mass is 9.95. The molecule has 1 aliphatic rings. The number of benzene rings is 2. The molecule has 2 aromatic carbocycles. The highest BCUT2D eigenvalue weighted by molar-refractivity contribution is 6.30. The minimum absolute atomic E-state index is 0.148. The number of piperidine rings is 1. The van der Waals surface area contributed by atoms with Crippen LogP contribution in [0.5, 0.6) is 0 Å². The largest absolute Gasteiger partial charge is 0.342 e. The lowest BCUT2D eigenvalue weighted by Crippen LogP contribution is -2.39. The van der Waals surface area contributed by atoms with Gasteiger partial charge in [-0.25, -0.2) is 0 Å². The first-order valence-electron chi connectivity index (χ1n) is 9.52. The van der Waals surface area contributed by atoms with Crippen LogP contribution >= 0.6 is 11.6 Å². The summed E-state index contributed by atoms with van der Waals surface area (Å²) in [5, 5.41) is 4.88. The van der Waals surface area contributed by atoms with E-state index in [-0.39, 0.29) is 11.8 Å². The van der Waals surface area contributed by atoms with Gasteiger partial charge in [-0.3, -0.25) is 4.79 Å². The van der Waals surface area contributed by atoms with Crippen molar-refractivity contribution in [1.82, 2.24) is 15.0 Å². The Kier molecular flexibility index (Phi) is 5.44. The molecular formula is C22H22ClN3O2. The summed E-state index contributed by atoms with van der Waals surface area (Å²) in [7, 11) is 0. The Hall–Kier alpha value is -2.66. The number of hydrogen-bond donors (Lipinski definition) is 0. The van der Waals surface area contributed by atoms with Crippen molar-refractivity contribution in [3.63, 3.8) is 0 Å². The minimum Gasteiger partial charge on any atom is -0.342 e. The first-order valence-corrected chi connectivity index (χ1v) is 9.90. The monoisotopic (exact) mass is 395 g/mol. The van der Waals surface area contributed by atoms with E-state index in [9.17, 15) is 4.79 Å². The lowest BCUT2D eigenvalue weighted by Gasteiger charge is -2.30. The van der Waals surface area contributed by atoms with Crippen LogP contribution in [-0.2, 0) is 11.2 Å². The maximum Gasteiger partial charge on any atom is 0.258 e. The number of aromatic nitrogens is 2. The third-order valence-electron chi connectivity index (χ3n) is 5.30. The zero-order valence-electron chi connectivity index (χ0n) is 15.8. The molecule has 0 spiro atoms. The Morgan fingerprint density at radius 2 is 1.86 bits per heavy atom. The predicted octanol–water partition coefficient (Wildman–Crippen LogP) is 4.65. The number of halogens is 1. The van der Waals surface area contributed by atoms with Crippen molar-refractivity contribution in [3.8, 4) is 11.5 Å². The van der Waals surface area contributed by atoms with Crippen LogP contribution in [-0.4, -0.2) is 34.0 Å². The molecule has 5 nitrogen and oxygen atoms in total. The van der Waals surface area contributed by atoms with Crippen molar-refractivity contribution in [2.75, 3.05) is 13.1 Å². The van der Waals surface area contributed by atoms with Crippen molar-refractivity contribution >= 4 is 17.5 Å². The second-order valence-electron chi connectivity index (χ2n) is 7.23. The molecule has 1 aromatic heterocycles. The Morgan fingerprint density at radius 1 is 1.14 bits per heavy atom. The molecule has 0 unspecified atom stereocenters. The summed E-state index contributed by atoms with van der Waals surface area (Å²) in [6.07, 6.45) is 2.10. The van der Waals surface area contributed by atoms with E-state index >= 15 is 0 Å². The van der Waals surface area contributed by atoms with Crippen LogP contribution in [0.4, 0.5) is 0 Å². The van der Waals surface area contributed by atoms with Gasteiger partial charge in [0, 0.05) is 29.6 Å². The van der Waals surface area contributed by atoms with Crippen molar-refractivity contribution in [1.29, 1.82) is 0 Å². The average molecular weight is 396 g/mol. The summed E-state index contributed by atoms with van der Waals surface area (Å²) in [4.78, 5) is 19.1. The zero-order chi connectivity index (χ0) is 19.5. The minimum atomic E-state index is 0.148. The average Bonchev–Trinajstić information content (AvgIpc) is 3.20. The number of rotatable bonds is 4. The van der Waals surface area contributed by atoms with E-state index in [0.29, 0.717) is 30.4 Å². The van der Waals surface area contributed by atoms with Gasteiger partial charge in [0.2, 0.25) is 5.91 Å². The van der Waals surface area contributed by atoms with Gasteiger partial charge in [-0.05, 0) is 49.1 Å². The Balaban J connectivity index is 1.36. The van der Waals surface area contributed by atoms with Crippen molar-refractivity contribution in [2.45, 2.75) is 32.1 Å². The molecule has 0 aliphatic carbocycles. The quantitative estimate of drug-likeness (QED) is 0.645. The third kappa shape index (κ3) is 4.09. The van der Waals surface area contributed by atoms with Gasteiger partial charge in [-0.1, -0.05) is 47.1 Å². The first-order chi connectivity index (χ1) is 13.6. The summed E-state index contributed by atoms with van der Waals surface area (Å²) in [5.41, 5.74) is 3.06. The number of amides is 1. The van der Waals surface area contributed by atoms with Gasteiger partial charge in [0.05, 0.1) is 6.42 Å². The molecule has 0 saturated carbocycles. The highest BCUT2D eigenvalue weighted by Gasteiger charge is 2.27. The Bertz CT molecular complexity index is 960. The van der Waals surface area contributed by atoms with Gasteiger partial charge in [0.15, 0.2) is 5.82 Å². The number of carbonyl (C=O) groups is 1. The van der Waals surface area contributed by atoms with Gasteiger partial charge < -0.3 is 9.42 Å². The van der Waals surface area contributed by atoms with E-state index in [1.54, 1.807) is 0 Å². The van der Waals surface area contributed by atoms with Gasteiger partial charge in [-0.2, -0.15) is 4.98 Å². The lowest BCUT2D eigenvalue weighted by molar-refractivity contribution is -0.131. The summed E-state index contributed by atoms with van der Waals surface area (Å²) in [5.74, 6) is 1.67. The second-order valence-corrected chi connectivity index (χ2v) is 7.67. The van der Waals surface area contributed by atoms with Crippen LogP contribution in [0.25, 0.3) is 11.5 Å². The number of likely N-dealkylation sites (tertiary alicyclic amines) is 1. The number of hydrogen-bond acceptors (Lipinski definition) is 4. The number of aryl methyl sites for hydroxylation is 1. The SMILES string of the molecule is Cc1ccccc1-c1nc(C2CCN(C(=O)Cc3ccc(Cl)cc3)CC2)no1. The van der Waals surface area contributed by atoms with Crippen molar-refractivity contribution in [2.24, 2.45) is 0 Å². The van der Waals surface area contributed by atoms with Gasteiger partial charge >= 0.3 is 0 Å². The van der Waals surface area contributed by atoms with E-state index < -0.39 is 0 Å². The van der Waals surface area contributed by atoms with Crippen LogP contribution in [0.1, 0.15) is 35.7 Å². The fraction of sp³-hybridized carbons (Fsp3) is 0.318. The fourth-order valence-corrected chi connectivity index (χ4v) is 3.72. The molecule has 6 heteroatoms. The standard InChI is InChI=1S/C22H22ClN3O2/c1-15-4-2-3-5-19(15)22-24-21(25-28-22)17-10-12-26(13-11-17)20(27)14-16-6-8-18(23)9-7-16/h2-9,17H,10-14H2,1H3. The highest BCUT2D eigenvalue weighted by Crippen LogP contribution is 2.29. The Labute approximate surface area is 169 Å². The van der Waals surface area contributed by atoms with Crippen LogP contribution < -0.4 is 0 Å². The maximum absolute atomic E-state index is 12.6. The van der Waals surface area contributed by atoms with Gasteiger partial charge in [0.1, 0.15) is 0 Å². The molecule has 0 N–H and O–H groups in total. The second kappa shape index (κ2) is 8.15. The topological polar surface area (TPSA) is 59.2 Å².